The second-order valence-corrected chi connectivity index (χ2v) is 5.91. The number of hydrogen-bond donors (Lipinski definition) is 1. The summed E-state index contributed by atoms with van der Waals surface area (Å²) in [4.78, 5) is 9.90. The van der Waals surface area contributed by atoms with Crippen LogP contribution in [-0.2, 0) is 6.42 Å². The van der Waals surface area contributed by atoms with Gasteiger partial charge in [0.2, 0.25) is 0 Å². The van der Waals surface area contributed by atoms with E-state index in [4.69, 9.17) is 11.6 Å². The molecule has 0 spiro atoms. The molecule has 2 aromatic rings. The quantitative estimate of drug-likeness (QED) is 0.914. The molecule has 6 heteroatoms. The first-order valence-electron chi connectivity index (χ1n) is 5.15. The molecule has 0 aliphatic carbocycles. The summed E-state index contributed by atoms with van der Waals surface area (Å²) < 4.78 is 1.60. The van der Waals surface area contributed by atoms with E-state index in [1.54, 1.807) is 0 Å². The molecule has 3 nitrogen and oxygen atoms in total. The summed E-state index contributed by atoms with van der Waals surface area (Å²) in [7, 11) is 1.85. The number of nitrogens with zero attached hydrogens (tertiary/aromatic N) is 2. The summed E-state index contributed by atoms with van der Waals surface area (Å²) in [5, 5.41) is 3.04. The van der Waals surface area contributed by atoms with Gasteiger partial charge in [0.05, 0.1) is 4.88 Å². The van der Waals surface area contributed by atoms with Crippen molar-refractivity contribution in [3.8, 4) is 10.7 Å². The minimum atomic E-state index is 0.714. The van der Waals surface area contributed by atoms with Crippen molar-refractivity contribution in [3.63, 3.8) is 0 Å². The van der Waals surface area contributed by atoms with Gasteiger partial charge >= 0.3 is 0 Å². The van der Waals surface area contributed by atoms with E-state index in [0.717, 1.165) is 31.6 Å². The first-order valence-corrected chi connectivity index (χ1v) is 7.13. The molecule has 0 bridgehead atoms. The Morgan fingerprint density at radius 3 is 2.71 bits per heavy atom. The summed E-state index contributed by atoms with van der Waals surface area (Å²) >= 11 is 10.9. The minimum Gasteiger partial charge on any atom is -0.373 e. The van der Waals surface area contributed by atoms with E-state index < -0.39 is 0 Å². The van der Waals surface area contributed by atoms with Gasteiger partial charge in [0.25, 0.3) is 0 Å². The summed E-state index contributed by atoms with van der Waals surface area (Å²) in [6.07, 6.45) is 0.879. The highest BCUT2D eigenvalue weighted by atomic mass is 79.9. The molecule has 0 radical (unpaired) electrons. The number of aromatic nitrogens is 2. The summed E-state index contributed by atoms with van der Waals surface area (Å²) in [6, 6.07) is 3.90. The van der Waals surface area contributed by atoms with Crippen LogP contribution in [0.15, 0.2) is 16.6 Å². The van der Waals surface area contributed by atoms with Crippen molar-refractivity contribution < 1.29 is 0 Å². The summed E-state index contributed by atoms with van der Waals surface area (Å²) in [5.41, 5.74) is 1.01. The molecule has 0 aromatic carbocycles. The molecule has 90 valence electrons. The first-order chi connectivity index (χ1) is 8.13. The Hall–Kier alpha value is -0.650. The van der Waals surface area contributed by atoms with Gasteiger partial charge in [-0.25, -0.2) is 9.97 Å². The molecule has 2 aromatic heterocycles. The Balaban J connectivity index is 2.50. The van der Waals surface area contributed by atoms with Gasteiger partial charge in [0, 0.05) is 23.3 Å². The van der Waals surface area contributed by atoms with Crippen molar-refractivity contribution in [3.05, 3.63) is 26.6 Å². The molecular formula is C11H11BrClN3S. The van der Waals surface area contributed by atoms with Crippen LogP contribution in [0.2, 0.25) is 4.34 Å². The Morgan fingerprint density at radius 1 is 1.41 bits per heavy atom. The zero-order valence-corrected chi connectivity index (χ0v) is 12.6. The molecule has 0 amide bonds. The van der Waals surface area contributed by atoms with Gasteiger partial charge in [-0.05, 0) is 28.4 Å². The number of nitrogens with one attached hydrogen (secondary N) is 1. The third-order valence-electron chi connectivity index (χ3n) is 2.26. The third kappa shape index (κ3) is 2.78. The maximum atomic E-state index is 6.03. The predicted octanol–water partition coefficient (Wildman–Crippen LogP) is 4.23. The highest BCUT2D eigenvalue weighted by Gasteiger charge is 2.11. The fourth-order valence-corrected chi connectivity index (χ4v) is 3.01. The molecular weight excluding hydrogens is 322 g/mol. The van der Waals surface area contributed by atoms with Gasteiger partial charge in [-0.15, -0.1) is 11.3 Å². The van der Waals surface area contributed by atoms with E-state index in [1.807, 2.05) is 19.2 Å². The van der Waals surface area contributed by atoms with Crippen LogP contribution in [0.4, 0.5) is 5.82 Å². The van der Waals surface area contributed by atoms with Crippen molar-refractivity contribution in [1.29, 1.82) is 0 Å². The lowest BCUT2D eigenvalue weighted by atomic mass is 10.3. The smallest absolute Gasteiger partial charge is 0.171 e. The van der Waals surface area contributed by atoms with Crippen molar-refractivity contribution in [2.24, 2.45) is 0 Å². The third-order valence-corrected chi connectivity index (χ3v) is 4.73. The van der Waals surface area contributed by atoms with Crippen LogP contribution in [0.5, 0.6) is 0 Å². The SMILES string of the molecule is CCc1cc(NC)nc(-c2cc(Br)c(Cl)s2)n1. The monoisotopic (exact) mass is 331 g/mol. The van der Waals surface area contributed by atoms with Crippen LogP contribution >= 0.6 is 38.9 Å². The molecule has 1 N–H and O–H groups in total. The van der Waals surface area contributed by atoms with Crippen molar-refractivity contribution in [1.82, 2.24) is 9.97 Å². The molecule has 0 atom stereocenters. The molecule has 0 saturated carbocycles. The fourth-order valence-electron chi connectivity index (χ4n) is 1.37. The Kier molecular flexibility index (Phi) is 4.01. The largest absolute Gasteiger partial charge is 0.373 e. The van der Waals surface area contributed by atoms with E-state index in [1.165, 1.54) is 11.3 Å². The van der Waals surface area contributed by atoms with Gasteiger partial charge in [0.15, 0.2) is 5.82 Å². The van der Waals surface area contributed by atoms with Crippen molar-refractivity contribution >= 4 is 44.7 Å². The van der Waals surface area contributed by atoms with E-state index in [-0.39, 0.29) is 0 Å². The summed E-state index contributed by atoms with van der Waals surface area (Å²) in [6.45, 7) is 2.07. The van der Waals surface area contributed by atoms with Gasteiger partial charge < -0.3 is 5.32 Å². The standard InChI is InChI=1S/C11H11BrClN3S/c1-3-6-4-9(14-2)16-11(15-6)8-5-7(12)10(13)17-8/h4-5H,3H2,1-2H3,(H,14,15,16). The van der Waals surface area contributed by atoms with Crippen LogP contribution in [0.25, 0.3) is 10.7 Å². The molecule has 0 saturated heterocycles. The summed E-state index contributed by atoms with van der Waals surface area (Å²) in [5.74, 6) is 1.54. The van der Waals surface area contributed by atoms with Gasteiger partial charge in [-0.1, -0.05) is 18.5 Å². The highest BCUT2D eigenvalue weighted by Crippen LogP contribution is 2.36. The fraction of sp³-hybridized carbons (Fsp3) is 0.273. The van der Waals surface area contributed by atoms with Gasteiger partial charge in [-0.2, -0.15) is 0 Å². The Morgan fingerprint density at radius 2 is 2.18 bits per heavy atom. The average molecular weight is 333 g/mol. The second-order valence-electron chi connectivity index (χ2n) is 3.40. The van der Waals surface area contributed by atoms with Crippen LogP contribution in [0, 0.1) is 0 Å². The number of anilines is 1. The van der Waals surface area contributed by atoms with Gasteiger partial charge in [0.1, 0.15) is 10.2 Å². The van der Waals surface area contributed by atoms with E-state index in [9.17, 15) is 0 Å². The van der Waals surface area contributed by atoms with Crippen LogP contribution < -0.4 is 5.32 Å². The molecule has 0 unspecified atom stereocenters. The number of hydrogen-bond acceptors (Lipinski definition) is 4. The van der Waals surface area contributed by atoms with Crippen molar-refractivity contribution in [2.45, 2.75) is 13.3 Å². The number of halogens is 2. The topological polar surface area (TPSA) is 37.8 Å². The second kappa shape index (κ2) is 5.33. The average Bonchev–Trinajstić information content (AvgIpc) is 2.69. The lowest BCUT2D eigenvalue weighted by molar-refractivity contribution is 1.01. The molecule has 0 aliphatic heterocycles. The molecule has 0 aliphatic rings. The first kappa shape index (κ1) is 12.8. The van der Waals surface area contributed by atoms with Crippen molar-refractivity contribution in [2.75, 3.05) is 12.4 Å². The van der Waals surface area contributed by atoms with Crippen LogP contribution in [0.3, 0.4) is 0 Å². The Labute approximate surface area is 117 Å². The minimum absolute atomic E-state index is 0.714. The lowest BCUT2D eigenvalue weighted by Gasteiger charge is -2.04. The normalized spacial score (nSPS) is 10.6. The molecule has 2 heterocycles. The lowest BCUT2D eigenvalue weighted by Crippen LogP contribution is -1.99. The van der Waals surface area contributed by atoms with E-state index >= 15 is 0 Å². The number of rotatable bonds is 3. The van der Waals surface area contributed by atoms with E-state index in [2.05, 4.69) is 38.1 Å². The van der Waals surface area contributed by atoms with E-state index in [0.29, 0.717) is 5.82 Å². The predicted molar refractivity (Wildman–Crippen MR) is 77.0 cm³/mol. The molecule has 2 rings (SSSR count). The number of aryl methyl sites for hydroxylation is 1. The molecule has 0 fully saturated rings. The number of thiophene rings is 1. The zero-order chi connectivity index (χ0) is 12.4. The maximum Gasteiger partial charge on any atom is 0.171 e. The van der Waals surface area contributed by atoms with Gasteiger partial charge in [-0.3, -0.25) is 0 Å². The van der Waals surface area contributed by atoms with Crippen LogP contribution in [0.1, 0.15) is 12.6 Å². The zero-order valence-electron chi connectivity index (χ0n) is 9.42. The van der Waals surface area contributed by atoms with Crippen LogP contribution in [-0.4, -0.2) is 17.0 Å². The Bertz CT molecular complexity index is 500. The molecule has 17 heavy (non-hydrogen) atoms. The highest BCUT2D eigenvalue weighted by molar-refractivity contribution is 9.10. The maximum absolute atomic E-state index is 6.03.